The van der Waals surface area contributed by atoms with Crippen LogP contribution in [0, 0.1) is 6.92 Å². The zero-order valence-corrected chi connectivity index (χ0v) is 13.2. The fraction of sp³-hybridized carbons (Fsp3) is 0.692. The van der Waals surface area contributed by atoms with Crippen molar-refractivity contribution in [2.24, 2.45) is 0 Å². The Labute approximate surface area is 117 Å². The van der Waals surface area contributed by atoms with Crippen molar-refractivity contribution >= 4 is 34.9 Å². The maximum atomic E-state index is 3.69. The summed E-state index contributed by atoms with van der Waals surface area (Å²) in [5, 5.41) is 5.15. The smallest absolute Gasteiger partial charge is 0.0546 e. The first kappa shape index (κ1) is 13.8. The molecule has 0 aromatic carbocycles. The van der Waals surface area contributed by atoms with Crippen molar-refractivity contribution in [3.05, 3.63) is 21.9 Å². The van der Waals surface area contributed by atoms with Gasteiger partial charge in [0.1, 0.15) is 0 Å². The average molecular weight is 288 g/mol. The molecule has 1 aliphatic heterocycles. The van der Waals surface area contributed by atoms with Gasteiger partial charge in [-0.3, -0.25) is 0 Å². The molecule has 17 heavy (non-hydrogen) atoms. The fourth-order valence-corrected chi connectivity index (χ4v) is 6.26. The summed E-state index contributed by atoms with van der Waals surface area (Å²) in [6, 6.07) is 5.08. The molecule has 2 rings (SSSR count). The molecule has 1 nitrogen and oxygen atoms in total. The minimum absolute atomic E-state index is 0.534. The van der Waals surface area contributed by atoms with Gasteiger partial charge in [-0.05, 0) is 25.6 Å². The highest BCUT2D eigenvalue weighted by Crippen LogP contribution is 2.40. The van der Waals surface area contributed by atoms with Gasteiger partial charge in [-0.25, -0.2) is 0 Å². The molecule has 3 atom stereocenters. The molecule has 0 aliphatic carbocycles. The van der Waals surface area contributed by atoms with Crippen molar-refractivity contribution in [1.29, 1.82) is 0 Å². The lowest BCUT2D eigenvalue weighted by atomic mass is 10.1. The summed E-state index contributed by atoms with van der Waals surface area (Å²) >= 11 is 6.22. The SMILES string of the molecule is CCNC(c1ccc(C)s1)C1SCCSC1C. The number of aryl methyl sites for hydroxylation is 1. The molecular formula is C13H21NS3. The number of nitrogens with one attached hydrogen (secondary N) is 1. The van der Waals surface area contributed by atoms with Gasteiger partial charge in [0.15, 0.2) is 0 Å². The first-order valence-corrected chi connectivity index (χ1v) is 9.16. The topological polar surface area (TPSA) is 12.0 Å². The zero-order chi connectivity index (χ0) is 12.3. The molecule has 1 aromatic heterocycles. The van der Waals surface area contributed by atoms with Gasteiger partial charge in [0.25, 0.3) is 0 Å². The summed E-state index contributed by atoms with van der Waals surface area (Å²) < 4.78 is 0. The second-order valence-corrected chi connectivity index (χ2v) is 8.49. The largest absolute Gasteiger partial charge is 0.309 e. The summed E-state index contributed by atoms with van der Waals surface area (Å²) in [5.74, 6) is 2.61. The molecule has 96 valence electrons. The summed E-state index contributed by atoms with van der Waals surface area (Å²) in [6.45, 7) is 7.84. The third kappa shape index (κ3) is 3.43. The molecule has 1 fully saturated rings. The summed E-state index contributed by atoms with van der Waals surface area (Å²) in [7, 11) is 0. The molecule has 0 spiro atoms. The van der Waals surface area contributed by atoms with Gasteiger partial charge in [0, 0.05) is 31.8 Å². The number of thiophene rings is 1. The third-order valence-electron chi connectivity index (χ3n) is 3.06. The summed E-state index contributed by atoms with van der Waals surface area (Å²) in [5.41, 5.74) is 0. The first-order valence-electron chi connectivity index (χ1n) is 6.25. The number of rotatable bonds is 4. The van der Waals surface area contributed by atoms with Gasteiger partial charge < -0.3 is 5.32 Å². The number of thioether (sulfide) groups is 2. The van der Waals surface area contributed by atoms with Crippen LogP contribution in [0.2, 0.25) is 0 Å². The van der Waals surface area contributed by atoms with Crippen molar-refractivity contribution in [1.82, 2.24) is 5.32 Å². The molecule has 1 aromatic rings. The van der Waals surface area contributed by atoms with E-state index in [1.165, 1.54) is 21.3 Å². The first-order chi connectivity index (χ1) is 8.22. The van der Waals surface area contributed by atoms with E-state index in [9.17, 15) is 0 Å². The van der Waals surface area contributed by atoms with Crippen LogP contribution in [-0.4, -0.2) is 28.6 Å². The minimum Gasteiger partial charge on any atom is -0.309 e. The molecule has 2 heterocycles. The lowest BCUT2D eigenvalue weighted by molar-refractivity contribution is 0.533. The minimum atomic E-state index is 0.534. The lowest BCUT2D eigenvalue weighted by Crippen LogP contribution is -2.37. The molecule has 1 aliphatic rings. The van der Waals surface area contributed by atoms with Crippen molar-refractivity contribution in [2.45, 2.75) is 37.3 Å². The maximum absolute atomic E-state index is 3.69. The Morgan fingerprint density at radius 1 is 1.35 bits per heavy atom. The molecule has 0 bridgehead atoms. The van der Waals surface area contributed by atoms with Gasteiger partial charge in [0.2, 0.25) is 0 Å². The average Bonchev–Trinajstić information content (AvgIpc) is 2.74. The van der Waals surface area contributed by atoms with E-state index in [1.54, 1.807) is 0 Å². The monoisotopic (exact) mass is 287 g/mol. The summed E-state index contributed by atoms with van der Waals surface area (Å²) in [6.07, 6.45) is 0. The van der Waals surface area contributed by atoms with Crippen molar-refractivity contribution in [2.75, 3.05) is 18.1 Å². The highest BCUT2D eigenvalue weighted by Gasteiger charge is 2.31. The van der Waals surface area contributed by atoms with Crippen LogP contribution in [0.5, 0.6) is 0 Å². The zero-order valence-electron chi connectivity index (χ0n) is 10.7. The van der Waals surface area contributed by atoms with Crippen LogP contribution in [0.15, 0.2) is 12.1 Å². The van der Waals surface area contributed by atoms with Gasteiger partial charge in [-0.15, -0.1) is 11.3 Å². The Bertz CT molecular complexity index is 350. The Balaban J connectivity index is 2.15. The number of hydrogen-bond acceptors (Lipinski definition) is 4. The lowest BCUT2D eigenvalue weighted by Gasteiger charge is -2.34. The molecule has 0 saturated carbocycles. The third-order valence-corrected chi connectivity index (χ3v) is 7.34. The van der Waals surface area contributed by atoms with Crippen LogP contribution in [0.25, 0.3) is 0 Å². The maximum Gasteiger partial charge on any atom is 0.0546 e. The normalized spacial score (nSPS) is 27.0. The van der Waals surface area contributed by atoms with E-state index in [0.29, 0.717) is 11.3 Å². The molecular weight excluding hydrogens is 266 g/mol. The van der Waals surface area contributed by atoms with Crippen LogP contribution in [0.4, 0.5) is 0 Å². The van der Waals surface area contributed by atoms with E-state index in [1.807, 2.05) is 11.3 Å². The second kappa shape index (κ2) is 6.50. The van der Waals surface area contributed by atoms with Crippen molar-refractivity contribution in [3.8, 4) is 0 Å². The molecule has 1 saturated heterocycles. The summed E-state index contributed by atoms with van der Waals surface area (Å²) in [4.78, 5) is 2.93. The van der Waals surface area contributed by atoms with Crippen LogP contribution in [0.3, 0.4) is 0 Å². The molecule has 0 radical (unpaired) electrons. The van der Waals surface area contributed by atoms with Crippen LogP contribution in [0.1, 0.15) is 29.6 Å². The van der Waals surface area contributed by atoms with E-state index in [0.717, 1.165) is 11.8 Å². The Morgan fingerprint density at radius 2 is 2.12 bits per heavy atom. The fourth-order valence-electron chi connectivity index (χ4n) is 2.23. The molecule has 4 heteroatoms. The molecule has 1 N–H and O–H groups in total. The van der Waals surface area contributed by atoms with E-state index in [4.69, 9.17) is 0 Å². The highest BCUT2D eigenvalue weighted by molar-refractivity contribution is 8.07. The van der Waals surface area contributed by atoms with Gasteiger partial charge in [-0.1, -0.05) is 13.8 Å². The van der Waals surface area contributed by atoms with Crippen LogP contribution >= 0.6 is 34.9 Å². The quantitative estimate of drug-likeness (QED) is 0.901. The van der Waals surface area contributed by atoms with E-state index < -0.39 is 0 Å². The van der Waals surface area contributed by atoms with Gasteiger partial charge in [-0.2, -0.15) is 23.5 Å². The van der Waals surface area contributed by atoms with Crippen molar-refractivity contribution in [3.63, 3.8) is 0 Å². The van der Waals surface area contributed by atoms with Gasteiger partial charge >= 0.3 is 0 Å². The van der Waals surface area contributed by atoms with Gasteiger partial charge in [0.05, 0.1) is 6.04 Å². The Morgan fingerprint density at radius 3 is 2.71 bits per heavy atom. The van der Waals surface area contributed by atoms with Crippen molar-refractivity contribution < 1.29 is 0 Å². The van der Waals surface area contributed by atoms with Crippen LogP contribution in [-0.2, 0) is 0 Å². The predicted octanol–water partition coefficient (Wildman–Crippen LogP) is 3.94. The predicted molar refractivity (Wildman–Crippen MR) is 83.6 cm³/mol. The van der Waals surface area contributed by atoms with E-state index >= 15 is 0 Å². The highest BCUT2D eigenvalue weighted by atomic mass is 32.2. The van der Waals surface area contributed by atoms with Crippen LogP contribution < -0.4 is 5.32 Å². The molecule has 3 unspecified atom stereocenters. The standard InChI is InChI=1S/C13H21NS3/c1-4-14-12(11-6-5-9(2)17-11)13-10(3)15-7-8-16-13/h5-6,10,12-14H,4,7-8H2,1-3H3. The Kier molecular flexibility index (Phi) is 5.27. The molecule has 0 amide bonds. The Hall–Kier alpha value is 0.360. The van der Waals surface area contributed by atoms with E-state index in [2.05, 4.69) is 61.7 Å². The second-order valence-electron chi connectivity index (χ2n) is 4.40. The number of hydrogen-bond donors (Lipinski definition) is 1. The van der Waals surface area contributed by atoms with E-state index in [-0.39, 0.29) is 0 Å².